The third kappa shape index (κ3) is 6.25. The predicted octanol–water partition coefficient (Wildman–Crippen LogP) is 5.29. The SMILES string of the molecule is Cc1c(-c2ncco2)sc2c1c(=O)n(C(C)(C)C(=O)OC(C)(C)C)c(=O)n2C[C@H](OC1CCC(N)CC1)c1ccccc1. The van der Waals surface area contributed by atoms with E-state index in [1.54, 1.807) is 32.3 Å². The standard InChI is InChI=1S/C32H40N4O6S/c1-19-24-27(37)36(32(5,6)29(38)42-31(2,3)4)30(39)35(28(24)43-25(19)26-34-16-17-40-26)18-23(20-10-8-7-9-11-20)41-22-14-12-21(33)13-15-22/h7-11,16-17,21-23H,12-15,18,33H2,1-6H3/t21?,22?,23-/m0/s1. The summed E-state index contributed by atoms with van der Waals surface area (Å²) >= 11 is 1.26. The quantitative estimate of drug-likeness (QED) is 0.267. The van der Waals surface area contributed by atoms with Crippen LogP contribution in [0.15, 0.2) is 56.8 Å². The van der Waals surface area contributed by atoms with Crippen molar-refractivity contribution in [3.05, 3.63) is 74.8 Å². The highest BCUT2D eigenvalue weighted by molar-refractivity contribution is 7.22. The van der Waals surface area contributed by atoms with E-state index in [-0.39, 0.29) is 18.7 Å². The number of fused-ring (bicyclic) bond motifs is 1. The fourth-order valence-corrected chi connectivity index (χ4v) is 6.79. The average Bonchev–Trinajstić information content (AvgIpc) is 3.59. The molecule has 2 N–H and O–H groups in total. The molecule has 3 aromatic heterocycles. The van der Waals surface area contributed by atoms with E-state index < -0.39 is 34.5 Å². The molecule has 0 unspecified atom stereocenters. The molecule has 0 aliphatic heterocycles. The van der Waals surface area contributed by atoms with Gasteiger partial charge in [-0.3, -0.25) is 9.36 Å². The Labute approximate surface area is 254 Å². The van der Waals surface area contributed by atoms with Crippen molar-refractivity contribution in [1.29, 1.82) is 0 Å². The van der Waals surface area contributed by atoms with Crippen LogP contribution in [0.2, 0.25) is 0 Å². The molecule has 10 nitrogen and oxygen atoms in total. The predicted molar refractivity (Wildman–Crippen MR) is 166 cm³/mol. The molecule has 1 aromatic carbocycles. The van der Waals surface area contributed by atoms with Crippen molar-refractivity contribution in [2.75, 3.05) is 0 Å². The molecule has 1 fully saturated rings. The monoisotopic (exact) mass is 608 g/mol. The molecule has 1 atom stereocenters. The smallest absolute Gasteiger partial charge is 0.333 e. The highest BCUT2D eigenvalue weighted by Crippen LogP contribution is 2.37. The molecule has 1 aliphatic carbocycles. The van der Waals surface area contributed by atoms with E-state index in [4.69, 9.17) is 19.6 Å². The number of hydrogen-bond acceptors (Lipinski definition) is 9. The van der Waals surface area contributed by atoms with Gasteiger partial charge in [0.15, 0.2) is 0 Å². The Morgan fingerprint density at radius 1 is 1.12 bits per heavy atom. The van der Waals surface area contributed by atoms with Crippen LogP contribution in [-0.4, -0.2) is 37.8 Å². The van der Waals surface area contributed by atoms with E-state index in [1.165, 1.54) is 37.6 Å². The van der Waals surface area contributed by atoms with E-state index in [9.17, 15) is 14.4 Å². The van der Waals surface area contributed by atoms with Gasteiger partial charge in [-0.05, 0) is 78.4 Å². The number of benzene rings is 1. The van der Waals surface area contributed by atoms with E-state index in [2.05, 4.69) is 4.98 Å². The van der Waals surface area contributed by atoms with Gasteiger partial charge < -0.3 is 19.6 Å². The van der Waals surface area contributed by atoms with E-state index in [0.29, 0.717) is 26.5 Å². The maximum absolute atomic E-state index is 14.4. The van der Waals surface area contributed by atoms with Crippen LogP contribution in [0.5, 0.6) is 0 Å². The van der Waals surface area contributed by atoms with Crippen molar-refractivity contribution >= 4 is 27.5 Å². The van der Waals surface area contributed by atoms with Crippen LogP contribution in [0, 0.1) is 6.92 Å². The molecule has 11 heteroatoms. The highest BCUT2D eigenvalue weighted by Gasteiger charge is 2.39. The number of nitrogens with zero attached hydrogens (tertiary/aromatic N) is 3. The summed E-state index contributed by atoms with van der Waals surface area (Å²) in [6.07, 6.45) is 5.87. The van der Waals surface area contributed by atoms with E-state index in [0.717, 1.165) is 35.8 Å². The minimum atomic E-state index is -1.60. The van der Waals surface area contributed by atoms with Gasteiger partial charge in [-0.2, -0.15) is 0 Å². The van der Waals surface area contributed by atoms with Gasteiger partial charge in [0.25, 0.3) is 5.56 Å². The lowest BCUT2D eigenvalue weighted by molar-refractivity contribution is -0.164. The second kappa shape index (κ2) is 11.9. The number of carbonyl (C=O) groups excluding carboxylic acids is 1. The first kappa shape index (κ1) is 30.9. The zero-order valence-corrected chi connectivity index (χ0v) is 26.4. The lowest BCUT2D eigenvalue weighted by Crippen LogP contribution is -2.54. The Hall–Kier alpha value is -3.54. The lowest BCUT2D eigenvalue weighted by atomic mass is 9.93. The van der Waals surface area contributed by atoms with E-state index >= 15 is 0 Å². The molecule has 3 heterocycles. The number of esters is 1. The largest absolute Gasteiger partial charge is 0.458 e. The normalized spacial score (nSPS) is 18.6. The van der Waals surface area contributed by atoms with Crippen LogP contribution in [0.25, 0.3) is 21.0 Å². The molecule has 43 heavy (non-hydrogen) atoms. The summed E-state index contributed by atoms with van der Waals surface area (Å²) in [5, 5.41) is 0.324. The number of aryl methyl sites for hydroxylation is 1. The summed E-state index contributed by atoms with van der Waals surface area (Å²) in [7, 11) is 0. The van der Waals surface area contributed by atoms with Crippen molar-refractivity contribution in [1.82, 2.24) is 14.1 Å². The maximum Gasteiger partial charge on any atom is 0.333 e. The van der Waals surface area contributed by atoms with Crippen molar-refractivity contribution in [2.45, 2.75) is 103 Å². The summed E-state index contributed by atoms with van der Waals surface area (Å²) in [4.78, 5) is 47.5. The third-order valence-corrected chi connectivity index (χ3v) is 9.19. The Morgan fingerprint density at radius 2 is 1.79 bits per heavy atom. The van der Waals surface area contributed by atoms with Crippen LogP contribution >= 0.6 is 11.3 Å². The number of aromatic nitrogens is 3. The van der Waals surface area contributed by atoms with Gasteiger partial charge in [-0.25, -0.2) is 19.1 Å². The Morgan fingerprint density at radius 3 is 2.40 bits per heavy atom. The van der Waals surface area contributed by atoms with Gasteiger partial charge in [0.05, 0.1) is 29.1 Å². The van der Waals surface area contributed by atoms with Crippen molar-refractivity contribution < 1.29 is 18.7 Å². The summed E-state index contributed by atoms with van der Waals surface area (Å²) < 4.78 is 20.5. The first-order chi connectivity index (χ1) is 20.3. The fourth-order valence-electron chi connectivity index (χ4n) is 5.55. The zero-order valence-electron chi connectivity index (χ0n) is 25.6. The average molecular weight is 609 g/mol. The summed E-state index contributed by atoms with van der Waals surface area (Å²) in [5.74, 6) is -0.329. The minimum absolute atomic E-state index is 0.0201. The van der Waals surface area contributed by atoms with Crippen LogP contribution in [-0.2, 0) is 26.4 Å². The van der Waals surface area contributed by atoms with E-state index in [1.807, 2.05) is 30.3 Å². The summed E-state index contributed by atoms with van der Waals surface area (Å²) in [5.41, 5.74) is 4.07. The molecule has 0 bridgehead atoms. The Kier molecular flexibility index (Phi) is 8.52. The van der Waals surface area contributed by atoms with Crippen LogP contribution in [0.1, 0.15) is 77.5 Å². The van der Waals surface area contributed by atoms with Crippen molar-refractivity contribution in [2.24, 2.45) is 5.73 Å². The molecule has 0 spiro atoms. The summed E-state index contributed by atoms with van der Waals surface area (Å²) in [6.45, 7) is 10.2. The van der Waals surface area contributed by atoms with Gasteiger partial charge in [-0.1, -0.05) is 30.3 Å². The third-order valence-electron chi connectivity index (χ3n) is 7.89. The molecule has 5 rings (SSSR count). The van der Waals surface area contributed by atoms with Gasteiger partial charge in [0, 0.05) is 6.04 Å². The number of hydrogen-bond donors (Lipinski definition) is 1. The number of oxazole rings is 1. The maximum atomic E-state index is 14.4. The number of nitrogens with two attached hydrogens (primary N) is 1. The van der Waals surface area contributed by atoms with Crippen molar-refractivity contribution in [3.8, 4) is 10.8 Å². The molecule has 0 amide bonds. The molecule has 4 aromatic rings. The molecular weight excluding hydrogens is 568 g/mol. The lowest BCUT2D eigenvalue weighted by Gasteiger charge is -2.32. The van der Waals surface area contributed by atoms with Gasteiger partial charge in [0.2, 0.25) is 5.89 Å². The topological polar surface area (TPSA) is 132 Å². The zero-order chi connectivity index (χ0) is 31.1. The number of thiophene rings is 1. The molecular formula is C32H40N4O6S. The molecule has 1 saturated carbocycles. The second-order valence-electron chi connectivity index (χ2n) is 12.7. The first-order valence-corrected chi connectivity index (χ1v) is 15.5. The van der Waals surface area contributed by atoms with Gasteiger partial charge in [0.1, 0.15) is 28.3 Å². The minimum Gasteiger partial charge on any atom is -0.458 e. The highest BCUT2D eigenvalue weighted by atomic mass is 32.1. The van der Waals surface area contributed by atoms with Gasteiger partial charge in [-0.15, -0.1) is 11.3 Å². The van der Waals surface area contributed by atoms with Crippen LogP contribution in [0.4, 0.5) is 0 Å². The molecule has 230 valence electrons. The summed E-state index contributed by atoms with van der Waals surface area (Å²) in [6, 6.07) is 9.91. The van der Waals surface area contributed by atoms with Gasteiger partial charge >= 0.3 is 11.7 Å². The first-order valence-electron chi connectivity index (χ1n) is 14.7. The van der Waals surface area contributed by atoms with Crippen molar-refractivity contribution in [3.63, 3.8) is 0 Å². The second-order valence-corrected chi connectivity index (χ2v) is 13.7. The Balaban J connectivity index is 1.71. The fraction of sp³-hybridized carbons (Fsp3) is 0.500. The van der Waals surface area contributed by atoms with Crippen LogP contribution < -0.4 is 17.0 Å². The molecule has 1 aliphatic rings. The number of ether oxygens (including phenoxy) is 2. The Bertz CT molecular complexity index is 1700. The van der Waals surface area contributed by atoms with Crippen LogP contribution in [0.3, 0.4) is 0 Å². The number of carbonyl (C=O) groups is 1. The number of rotatable bonds is 8. The molecule has 0 saturated heterocycles. The molecule has 0 radical (unpaired) electrons.